The molecule has 4 rings (SSSR count). The standard InChI is InChI=1S/C19H17N3O2S/c1-12-3-5-13(6-4-12)17(23)21-19-20-15-8-7-14(11-16(15)25-19)18(24)22-9-2-10-22/h3-8,11H,2,9-10H2,1H3,(H,20,21,23). The van der Waals surface area contributed by atoms with E-state index in [4.69, 9.17) is 0 Å². The van der Waals surface area contributed by atoms with Crippen molar-refractivity contribution >= 4 is 38.5 Å². The molecule has 6 heteroatoms. The van der Waals surface area contributed by atoms with Crippen LogP contribution in [0.1, 0.15) is 32.7 Å². The van der Waals surface area contributed by atoms with Crippen molar-refractivity contribution < 1.29 is 9.59 Å². The molecule has 0 atom stereocenters. The van der Waals surface area contributed by atoms with E-state index in [1.165, 1.54) is 11.3 Å². The van der Waals surface area contributed by atoms with Crippen molar-refractivity contribution in [2.45, 2.75) is 13.3 Å². The van der Waals surface area contributed by atoms with Crippen molar-refractivity contribution in [3.05, 3.63) is 59.2 Å². The number of amides is 2. The molecule has 2 aromatic carbocycles. The van der Waals surface area contributed by atoms with E-state index >= 15 is 0 Å². The van der Waals surface area contributed by atoms with Crippen molar-refractivity contribution in [1.29, 1.82) is 0 Å². The predicted octanol–water partition coefficient (Wildman–Crippen LogP) is 3.70. The smallest absolute Gasteiger partial charge is 0.257 e. The number of thiazole rings is 1. The van der Waals surface area contributed by atoms with Crippen LogP contribution in [0.25, 0.3) is 10.2 Å². The highest BCUT2D eigenvalue weighted by Crippen LogP contribution is 2.28. The molecule has 25 heavy (non-hydrogen) atoms. The lowest BCUT2D eigenvalue weighted by atomic mass is 10.1. The highest BCUT2D eigenvalue weighted by Gasteiger charge is 2.22. The first-order valence-corrected chi connectivity index (χ1v) is 9.00. The Morgan fingerprint density at radius 3 is 2.48 bits per heavy atom. The van der Waals surface area contributed by atoms with E-state index in [-0.39, 0.29) is 11.8 Å². The van der Waals surface area contributed by atoms with Gasteiger partial charge >= 0.3 is 0 Å². The molecule has 1 N–H and O–H groups in total. The molecule has 1 saturated heterocycles. The van der Waals surface area contributed by atoms with Crippen LogP contribution in [0.3, 0.4) is 0 Å². The second kappa shape index (κ2) is 6.29. The Bertz CT molecular complexity index is 958. The topological polar surface area (TPSA) is 62.3 Å². The van der Waals surface area contributed by atoms with E-state index in [9.17, 15) is 9.59 Å². The van der Waals surface area contributed by atoms with E-state index in [1.54, 1.807) is 18.2 Å². The number of likely N-dealkylation sites (tertiary alicyclic amines) is 1. The van der Waals surface area contributed by atoms with Crippen LogP contribution >= 0.6 is 11.3 Å². The van der Waals surface area contributed by atoms with Gasteiger partial charge in [0.2, 0.25) is 0 Å². The molecule has 2 amide bonds. The fourth-order valence-electron chi connectivity index (χ4n) is 2.69. The summed E-state index contributed by atoms with van der Waals surface area (Å²) >= 11 is 1.38. The molecule has 2 heterocycles. The zero-order valence-electron chi connectivity index (χ0n) is 13.8. The van der Waals surface area contributed by atoms with Crippen molar-refractivity contribution in [1.82, 2.24) is 9.88 Å². The molecular formula is C19H17N3O2S. The quantitative estimate of drug-likeness (QED) is 0.782. The third-order valence-corrected chi connectivity index (χ3v) is 5.25. The first-order chi connectivity index (χ1) is 12.1. The lowest BCUT2D eigenvalue weighted by molar-refractivity contribution is 0.0652. The third kappa shape index (κ3) is 3.13. The van der Waals surface area contributed by atoms with Gasteiger partial charge in [0.25, 0.3) is 11.8 Å². The maximum atomic E-state index is 12.3. The van der Waals surface area contributed by atoms with Gasteiger partial charge in [-0.2, -0.15) is 0 Å². The summed E-state index contributed by atoms with van der Waals surface area (Å²) in [6.07, 6.45) is 1.07. The second-order valence-corrected chi connectivity index (χ2v) is 7.20. The van der Waals surface area contributed by atoms with E-state index in [0.29, 0.717) is 16.3 Å². The van der Waals surface area contributed by atoms with Crippen molar-refractivity contribution in [2.24, 2.45) is 0 Å². The Labute approximate surface area is 149 Å². The zero-order valence-corrected chi connectivity index (χ0v) is 14.6. The van der Waals surface area contributed by atoms with Gasteiger partial charge in [-0.15, -0.1) is 0 Å². The van der Waals surface area contributed by atoms with E-state index < -0.39 is 0 Å². The van der Waals surface area contributed by atoms with Crippen LogP contribution in [0, 0.1) is 6.92 Å². The van der Waals surface area contributed by atoms with Crippen LogP contribution in [0.15, 0.2) is 42.5 Å². The molecule has 3 aromatic rings. The number of carbonyl (C=O) groups excluding carboxylic acids is 2. The van der Waals surface area contributed by atoms with Gasteiger partial charge in [0, 0.05) is 24.2 Å². The number of aromatic nitrogens is 1. The normalized spacial score (nSPS) is 13.6. The fraction of sp³-hybridized carbons (Fsp3) is 0.211. The average molecular weight is 351 g/mol. The van der Waals surface area contributed by atoms with Crippen molar-refractivity contribution in [2.75, 3.05) is 18.4 Å². The number of carbonyl (C=O) groups is 2. The summed E-state index contributed by atoms with van der Waals surface area (Å²) in [5.74, 6) is -0.122. The predicted molar refractivity (Wildman–Crippen MR) is 99.3 cm³/mol. The Hall–Kier alpha value is -2.73. The van der Waals surface area contributed by atoms with Crippen LogP contribution in [-0.2, 0) is 0 Å². The number of hydrogen-bond donors (Lipinski definition) is 1. The fourth-order valence-corrected chi connectivity index (χ4v) is 3.59. The molecule has 0 radical (unpaired) electrons. The molecule has 0 bridgehead atoms. The summed E-state index contributed by atoms with van der Waals surface area (Å²) in [6.45, 7) is 3.64. The number of benzene rings is 2. The second-order valence-electron chi connectivity index (χ2n) is 6.17. The largest absolute Gasteiger partial charge is 0.339 e. The van der Waals surface area contributed by atoms with Gasteiger partial charge in [0.05, 0.1) is 10.2 Å². The SMILES string of the molecule is Cc1ccc(C(=O)Nc2nc3ccc(C(=O)N4CCC4)cc3s2)cc1. The Kier molecular flexibility index (Phi) is 3.97. The average Bonchev–Trinajstić information content (AvgIpc) is 2.95. The summed E-state index contributed by atoms with van der Waals surface area (Å²) in [6, 6.07) is 12.9. The van der Waals surface area contributed by atoms with Crippen LogP contribution in [0.5, 0.6) is 0 Å². The molecule has 5 nitrogen and oxygen atoms in total. The highest BCUT2D eigenvalue weighted by molar-refractivity contribution is 7.22. The minimum absolute atomic E-state index is 0.0618. The summed E-state index contributed by atoms with van der Waals surface area (Å²) in [4.78, 5) is 30.9. The molecule has 0 saturated carbocycles. The summed E-state index contributed by atoms with van der Waals surface area (Å²) in [7, 11) is 0. The molecule has 126 valence electrons. The number of nitrogens with one attached hydrogen (secondary N) is 1. The number of rotatable bonds is 3. The maximum absolute atomic E-state index is 12.3. The maximum Gasteiger partial charge on any atom is 0.257 e. The minimum Gasteiger partial charge on any atom is -0.339 e. The molecule has 0 unspecified atom stereocenters. The molecule has 1 aromatic heterocycles. The molecule has 0 aliphatic carbocycles. The van der Waals surface area contributed by atoms with Gasteiger partial charge in [0.1, 0.15) is 0 Å². The molecule has 1 aliphatic rings. The number of nitrogens with zero attached hydrogens (tertiary/aromatic N) is 2. The highest BCUT2D eigenvalue weighted by atomic mass is 32.1. The van der Waals surface area contributed by atoms with Crippen LogP contribution in [0.2, 0.25) is 0 Å². The van der Waals surface area contributed by atoms with Gasteiger partial charge < -0.3 is 4.90 Å². The number of fused-ring (bicyclic) bond motifs is 1. The van der Waals surface area contributed by atoms with Crippen LogP contribution in [-0.4, -0.2) is 34.8 Å². The number of aryl methyl sites for hydroxylation is 1. The summed E-state index contributed by atoms with van der Waals surface area (Å²) < 4.78 is 0.894. The van der Waals surface area contributed by atoms with Gasteiger partial charge in [-0.25, -0.2) is 4.98 Å². The third-order valence-electron chi connectivity index (χ3n) is 4.31. The van der Waals surface area contributed by atoms with E-state index in [1.807, 2.05) is 36.1 Å². The Balaban J connectivity index is 1.55. The van der Waals surface area contributed by atoms with Crippen molar-refractivity contribution in [3.8, 4) is 0 Å². The monoisotopic (exact) mass is 351 g/mol. The summed E-state index contributed by atoms with van der Waals surface area (Å²) in [5.41, 5.74) is 3.16. The van der Waals surface area contributed by atoms with Gasteiger partial charge in [0.15, 0.2) is 5.13 Å². The number of hydrogen-bond acceptors (Lipinski definition) is 4. The number of anilines is 1. The lowest BCUT2D eigenvalue weighted by Crippen LogP contribution is -2.41. The first kappa shape index (κ1) is 15.8. The van der Waals surface area contributed by atoms with Gasteiger partial charge in [-0.1, -0.05) is 29.0 Å². The zero-order chi connectivity index (χ0) is 17.4. The van der Waals surface area contributed by atoms with Crippen LogP contribution in [0.4, 0.5) is 5.13 Å². The van der Waals surface area contributed by atoms with E-state index in [2.05, 4.69) is 10.3 Å². The minimum atomic E-state index is -0.184. The molecule has 0 spiro atoms. The lowest BCUT2D eigenvalue weighted by Gasteiger charge is -2.30. The van der Waals surface area contributed by atoms with Gasteiger partial charge in [-0.05, 0) is 43.7 Å². The summed E-state index contributed by atoms with van der Waals surface area (Å²) in [5, 5.41) is 3.37. The van der Waals surface area contributed by atoms with E-state index in [0.717, 1.165) is 35.3 Å². The molecular weight excluding hydrogens is 334 g/mol. The Morgan fingerprint density at radius 1 is 1.08 bits per heavy atom. The van der Waals surface area contributed by atoms with Crippen LogP contribution < -0.4 is 5.32 Å². The molecule has 1 aliphatic heterocycles. The molecule has 1 fully saturated rings. The van der Waals surface area contributed by atoms with Crippen molar-refractivity contribution in [3.63, 3.8) is 0 Å². The Morgan fingerprint density at radius 2 is 1.80 bits per heavy atom. The van der Waals surface area contributed by atoms with Gasteiger partial charge in [-0.3, -0.25) is 14.9 Å². The first-order valence-electron chi connectivity index (χ1n) is 8.18.